The predicted octanol–water partition coefficient (Wildman–Crippen LogP) is 4.44. The Hall–Kier alpha value is -2.64. The summed E-state index contributed by atoms with van der Waals surface area (Å²) >= 11 is 1.21. The Morgan fingerprint density at radius 2 is 1.70 bits per heavy atom. The fourth-order valence-corrected chi connectivity index (χ4v) is 4.71. The highest BCUT2D eigenvalue weighted by Crippen LogP contribution is 2.30. The van der Waals surface area contributed by atoms with Crippen molar-refractivity contribution in [2.45, 2.75) is 18.7 Å². The van der Waals surface area contributed by atoms with Gasteiger partial charge in [0.1, 0.15) is 4.88 Å². The lowest BCUT2D eigenvalue weighted by atomic mass is 10.1. The summed E-state index contributed by atoms with van der Waals surface area (Å²) in [4.78, 5) is 13.3. The van der Waals surface area contributed by atoms with Gasteiger partial charge in [-0.25, -0.2) is 8.42 Å². The Morgan fingerprint density at radius 3 is 2.37 bits per heavy atom. The second-order valence-electron chi connectivity index (χ2n) is 6.17. The van der Waals surface area contributed by atoms with E-state index in [4.69, 9.17) is 0 Å². The van der Waals surface area contributed by atoms with Crippen LogP contribution in [0.1, 0.15) is 20.8 Å². The third-order valence-corrected chi connectivity index (χ3v) is 7.04. The maximum atomic E-state index is 12.8. The van der Waals surface area contributed by atoms with Gasteiger partial charge in [0.2, 0.25) is 0 Å². The zero-order valence-electron chi connectivity index (χ0n) is 15.3. The number of amides is 1. The van der Waals surface area contributed by atoms with Crippen LogP contribution in [0, 0.1) is 13.8 Å². The van der Waals surface area contributed by atoms with Crippen molar-refractivity contribution in [3.63, 3.8) is 0 Å². The van der Waals surface area contributed by atoms with Crippen LogP contribution in [0.3, 0.4) is 0 Å². The average molecular weight is 401 g/mol. The number of aryl methyl sites for hydroxylation is 2. The van der Waals surface area contributed by atoms with Gasteiger partial charge in [0.15, 0.2) is 0 Å². The van der Waals surface area contributed by atoms with Crippen molar-refractivity contribution in [2.24, 2.45) is 0 Å². The summed E-state index contributed by atoms with van der Waals surface area (Å²) in [6.07, 6.45) is 0. The van der Waals surface area contributed by atoms with E-state index in [-0.39, 0.29) is 10.8 Å². The minimum absolute atomic E-state index is 0.180. The van der Waals surface area contributed by atoms with E-state index in [1.807, 2.05) is 32.0 Å². The van der Waals surface area contributed by atoms with Crippen LogP contribution in [-0.2, 0) is 10.0 Å². The minimum Gasteiger partial charge on any atom is -0.321 e. The lowest BCUT2D eigenvalue weighted by Crippen LogP contribution is -2.28. The number of sulfonamides is 1. The number of nitrogens with zero attached hydrogens (tertiary/aromatic N) is 1. The molecule has 0 aliphatic carbocycles. The summed E-state index contributed by atoms with van der Waals surface area (Å²) in [7, 11) is -2.29. The molecule has 1 aromatic heterocycles. The number of carbonyl (C=O) groups excluding carboxylic acids is 1. The van der Waals surface area contributed by atoms with Crippen LogP contribution >= 0.6 is 11.3 Å². The van der Waals surface area contributed by atoms with Crippen LogP contribution in [0.25, 0.3) is 0 Å². The first kappa shape index (κ1) is 19.1. The molecule has 140 valence electrons. The normalized spacial score (nSPS) is 11.2. The summed E-state index contributed by atoms with van der Waals surface area (Å²) in [6, 6.07) is 15.5. The Kier molecular flexibility index (Phi) is 5.34. The van der Waals surface area contributed by atoms with Gasteiger partial charge < -0.3 is 5.32 Å². The van der Waals surface area contributed by atoms with Crippen LogP contribution in [-0.4, -0.2) is 21.4 Å². The van der Waals surface area contributed by atoms with E-state index in [1.165, 1.54) is 30.5 Å². The van der Waals surface area contributed by atoms with Crippen LogP contribution in [0.2, 0.25) is 0 Å². The number of nitrogens with one attached hydrogen (secondary N) is 1. The zero-order valence-corrected chi connectivity index (χ0v) is 16.9. The lowest BCUT2D eigenvalue weighted by Gasteiger charge is -2.19. The third kappa shape index (κ3) is 3.89. The van der Waals surface area contributed by atoms with Gasteiger partial charge >= 0.3 is 0 Å². The molecule has 0 radical (unpaired) electrons. The standard InChI is InChI=1S/C20H20N2O3S2/c1-14-9-10-16(13-15(14)2)21-20(23)19-18(11-12-26-19)22(3)27(24,25)17-7-5-4-6-8-17/h4-13H,1-3H3,(H,21,23). The van der Waals surface area contributed by atoms with Crippen molar-refractivity contribution in [1.82, 2.24) is 0 Å². The first-order valence-electron chi connectivity index (χ1n) is 8.31. The number of thiophene rings is 1. The number of anilines is 2. The molecule has 0 spiro atoms. The minimum atomic E-state index is -3.74. The Balaban J connectivity index is 1.89. The number of hydrogen-bond donors (Lipinski definition) is 1. The molecule has 3 rings (SSSR count). The van der Waals surface area contributed by atoms with Gasteiger partial charge in [-0.3, -0.25) is 9.10 Å². The Labute approximate surface area is 163 Å². The number of benzene rings is 2. The molecule has 1 amide bonds. The maximum Gasteiger partial charge on any atom is 0.267 e. The second-order valence-corrected chi connectivity index (χ2v) is 9.06. The lowest BCUT2D eigenvalue weighted by molar-refractivity contribution is 0.103. The van der Waals surface area contributed by atoms with Crippen molar-refractivity contribution in [1.29, 1.82) is 0 Å². The highest BCUT2D eigenvalue weighted by molar-refractivity contribution is 7.92. The SMILES string of the molecule is Cc1ccc(NC(=O)c2sccc2N(C)S(=O)(=O)c2ccccc2)cc1C. The van der Waals surface area contributed by atoms with E-state index in [2.05, 4.69) is 5.32 Å². The summed E-state index contributed by atoms with van der Waals surface area (Å²) in [5.41, 5.74) is 3.24. The fourth-order valence-electron chi connectivity index (χ4n) is 2.61. The molecular formula is C20H20N2O3S2. The van der Waals surface area contributed by atoms with E-state index in [0.717, 1.165) is 15.4 Å². The van der Waals surface area contributed by atoms with Gasteiger partial charge in [-0.1, -0.05) is 24.3 Å². The van der Waals surface area contributed by atoms with Crippen LogP contribution < -0.4 is 9.62 Å². The van der Waals surface area contributed by atoms with E-state index in [0.29, 0.717) is 16.3 Å². The number of rotatable bonds is 5. The molecule has 0 aliphatic heterocycles. The van der Waals surface area contributed by atoms with Crippen LogP contribution in [0.5, 0.6) is 0 Å². The molecule has 0 bridgehead atoms. The first-order chi connectivity index (χ1) is 12.8. The topological polar surface area (TPSA) is 66.5 Å². The molecule has 0 saturated heterocycles. The summed E-state index contributed by atoms with van der Waals surface area (Å²) in [6.45, 7) is 3.98. The molecule has 0 saturated carbocycles. The highest BCUT2D eigenvalue weighted by atomic mass is 32.2. The number of hydrogen-bond acceptors (Lipinski definition) is 4. The monoisotopic (exact) mass is 400 g/mol. The van der Waals surface area contributed by atoms with Gasteiger partial charge in [0, 0.05) is 12.7 Å². The molecule has 0 unspecified atom stereocenters. The van der Waals surface area contributed by atoms with Gasteiger partial charge in [0.05, 0.1) is 10.6 Å². The molecular weight excluding hydrogens is 380 g/mol. The van der Waals surface area contributed by atoms with Crippen molar-refractivity contribution in [2.75, 3.05) is 16.7 Å². The molecule has 27 heavy (non-hydrogen) atoms. The van der Waals surface area contributed by atoms with Crippen LogP contribution in [0.15, 0.2) is 64.9 Å². The smallest absolute Gasteiger partial charge is 0.267 e. The molecule has 2 aromatic carbocycles. The predicted molar refractivity (Wildman–Crippen MR) is 110 cm³/mol. The third-order valence-electron chi connectivity index (χ3n) is 4.36. The molecule has 1 heterocycles. The highest BCUT2D eigenvalue weighted by Gasteiger charge is 2.26. The number of carbonyl (C=O) groups is 1. The van der Waals surface area contributed by atoms with Gasteiger partial charge in [-0.2, -0.15) is 0 Å². The molecule has 5 nitrogen and oxygen atoms in total. The molecule has 3 aromatic rings. The van der Waals surface area contributed by atoms with Crippen molar-refractivity contribution < 1.29 is 13.2 Å². The molecule has 0 fully saturated rings. The summed E-state index contributed by atoms with van der Waals surface area (Å²) in [5.74, 6) is -0.335. The van der Waals surface area contributed by atoms with Crippen LogP contribution in [0.4, 0.5) is 11.4 Å². The first-order valence-corrected chi connectivity index (χ1v) is 10.6. The van der Waals surface area contributed by atoms with E-state index < -0.39 is 10.0 Å². The van der Waals surface area contributed by atoms with E-state index >= 15 is 0 Å². The quantitative estimate of drug-likeness (QED) is 0.688. The van der Waals surface area contributed by atoms with Crippen molar-refractivity contribution in [3.8, 4) is 0 Å². The average Bonchev–Trinajstić information content (AvgIpc) is 3.14. The Morgan fingerprint density at radius 1 is 1.00 bits per heavy atom. The fraction of sp³-hybridized carbons (Fsp3) is 0.150. The Bertz CT molecular complexity index is 1070. The van der Waals surface area contributed by atoms with Gasteiger partial charge in [0.25, 0.3) is 15.9 Å². The molecule has 0 aliphatic rings. The second kappa shape index (κ2) is 7.54. The zero-order chi connectivity index (χ0) is 19.6. The largest absolute Gasteiger partial charge is 0.321 e. The molecule has 7 heteroatoms. The van der Waals surface area contributed by atoms with Crippen molar-refractivity contribution >= 4 is 38.6 Å². The van der Waals surface area contributed by atoms with Gasteiger partial charge in [-0.15, -0.1) is 11.3 Å². The van der Waals surface area contributed by atoms with E-state index in [1.54, 1.807) is 29.6 Å². The van der Waals surface area contributed by atoms with Gasteiger partial charge in [-0.05, 0) is 60.7 Å². The molecule has 0 atom stereocenters. The van der Waals surface area contributed by atoms with Crippen molar-refractivity contribution in [3.05, 3.63) is 76.0 Å². The maximum absolute atomic E-state index is 12.8. The summed E-state index contributed by atoms with van der Waals surface area (Å²) in [5, 5.41) is 4.56. The molecule has 1 N–H and O–H groups in total. The van der Waals surface area contributed by atoms with E-state index in [9.17, 15) is 13.2 Å². The summed E-state index contributed by atoms with van der Waals surface area (Å²) < 4.78 is 26.8.